The van der Waals surface area contributed by atoms with Crippen LogP contribution in [-0.4, -0.2) is 37.1 Å². The van der Waals surface area contributed by atoms with Crippen LogP contribution < -0.4 is 5.32 Å². The third-order valence-corrected chi connectivity index (χ3v) is 3.02. The van der Waals surface area contributed by atoms with Gasteiger partial charge in [0.1, 0.15) is 0 Å². The minimum atomic E-state index is 0.638. The van der Waals surface area contributed by atoms with Gasteiger partial charge in [-0.25, -0.2) is 0 Å². The van der Waals surface area contributed by atoms with Gasteiger partial charge in [-0.3, -0.25) is 0 Å². The van der Waals surface area contributed by atoms with E-state index in [-0.39, 0.29) is 0 Å². The van der Waals surface area contributed by atoms with Crippen molar-refractivity contribution in [2.45, 2.75) is 59.4 Å². The summed E-state index contributed by atoms with van der Waals surface area (Å²) in [6.45, 7) is 17.6. The van der Waals surface area contributed by atoms with Crippen LogP contribution in [0.5, 0.6) is 0 Å². The van der Waals surface area contributed by atoms with E-state index >= 15 is 0 Å². The Balaban J connectivity index is 3.78. The Kier molecular flexibility index (Phi) is 10.6. The minimum absolute atomic E-state index is 0.638. The van der Waals surface area contributed by atoms with E-state index in [1.807, 2.05) is 0 Å². The topological polar surface area (TPSA) is 15.3 Å². The molecule has 0 aliphatic rings. The Hall–Kier alpha value is -0.340. The van der Waals surface area contributed by atoms with Crippen LogP contribution in [0.2, 0.25) is 0 Å². The van der Waals surface area contributed by atoms with Gasteiger partial charge in [0.15, 0.2) is 0 Å². The normalized spacial score (nSPS) is 13.0. The number of nitrogens with one attached hydrogen (secondary N) is 1. The summed E-state index contributed by atoms with van der Waals surface area (Å²) >= 11 is 0. The fourth-order valence-corrected chi connectivity index (χ4v) is 1.87. The summed E-state index contributed by atoms with van der Waals surface area (Å²) in [4.78, 5) is 2.57. The first-order valence-corrected chi connectivity index (χ1v) is 7.20. The first-order valence-electron chi connectivity index (χ1n) is 7.20. The largest absolute Gasteiger partial charge is 0.314 e. The van der Waals surface area contributed by atoms with E-state index in [0.717, 1.165) is 13.0 Å². The summed E-state index contributed by atoms with van der Waals surface area (Å²) in [6, 6.07) is 0.638. The third-order valence-electron chi connectivity index (χ3n) is 3.02. The van der Waals surface area contributed by atoms with Crippen molar-refractivity contribution in [3.05, 3.63) is 12.2 Å². The molecule has 1 N–H and O–H groups in total. The highest BCUT2D eigenvalue weighted by Gasteiger charge is 2.06. The molecule has 0 aromatic rings. The summed E-state index contributed by atoms with van der Waals surface area (Å²) in [5.41, 5.74) is 1.29. The summed E-state index contributed by atoms with van der Waals surface area (Å²) in [5.74, 6) is 0. The van der Waals surface area contributed by atoms with Gasteiger partial charge < -0.3 is 10.2 Å². The summed E-state index contributed by atoms with van der Waals surface area (Å²) in [6.07, 6.45) is 4.85. The van der Waals surface area contributed by atoms with E-state index in [1.165, 1.54) is 44.5 Å². The van der Waals surface area contributed by atoms with Gasteiger partial charge in [-0.2, -0.15) is 0 Å². The molecule has 0 aliphatic carbocycles. The molecule has 0 amide bonds. The van der Waals surface area contributed by atoms with Crippen LogP contribution in [0.15, 0.2) is 12.2 Å². The molecule has 0 aromatic heterocycles. The van der Waals surface area contributed by atoms with Crippen molar-refractivity contribution in [2.75, 3.05) is 26.2 Å². The molecule has 17 heavy (non-hydrogen) atoms. The molecule has 2 nitrogen and oxygen atoms in total. The van der Waals surface area contributed by atoms with Crippen molar-refractivity contribution in [1.82, 2.24) is 10.2 Å². The van der Waals surface area contributed by atoms with Crippen molar-refractivity contribution in [3.8, 4) is 0 Å². The maximum absolute atomic E-state index is 3.98. The summed E-state index contributed by atoms with van der Waals surface area (Å²) in [7, 11) is 0. The fourth-order valence-electron chi connectivity index (χ4n) is 1.87. The highest BCUT2D eigenvalue weighted by molar-refractivity contribution is 4.88. The Bertz CT molecular complexity index is 189. The van der Waals surface area contributed by atoms with Gasteiger partial charge in [-0.1, -0.05) is 19.4 Å². The smallest absolute Gasteiger partial charge is 0.00508 e. The van der Waals surface area contributed by atoms with Crippen LogP contribution in [0.3, 0.4) is 0 Å². The van der Waals surface area contributed by atoms with Gasteiger partial charge in [0, 0.05) is 12.6 Å². The molecule has 0 bridgehead atoms. The molecule has 0 heterocycles. The van der Waals surface area contributed by atoms with Gasteiger partial charge in [-0.05, 0) is 59.2 Å². The van der Waals surface area contributed by atoms with Gasteiger partial charge in [0.25, 0.3) is 0 Å². The molecule has 0 radical (unpaired) electrons. The lowest BCUT2D eigenvalue weighted by Crippen LogP contribution is -2.34. The van der Waals surface area contributed by atoms with Gasteiger partial charge in [0.2, 0.25) is 0 Å². The van der Waals surface area contributed by atoms with Gasteiger partial charge in [0.05, 0.1) is 0 Å². The second kappa shape index (κ2) is 10.8. The average molecular weight is 240 g/mol. The van der Waals surface area contributed by atoms with Crippen molar-refractivity contribution < 1.29 is 0 Å². The molecule has 0 aromatic carbocycles. The minimum Gasteiger partial charge on any atom is -0.314 e. The quantitative estimate of drug-likeness (QED) is 0.557. The molecular weight excluding hydrogens is 208 g/mol. The second-order valence-corrected chi connectivity index (χ2v) is 5.19. The molecule has 1 atom stereocenters. The number of rotatable bonds is 11. The standard InChI is InChI=1S/C15H32N2/c1-6-10-16-15(5)9-13-17(11-7-2)12-8-14(3)4/h15-16H,3,6-13H2,1-2,4-5H3/t15-/m0/s1. The van der Waals surface area contributed by atoms with E-state index in [4.69, 9.17) is 0 Å². The predicted octanol–water partition coefficient (Wildman–Crippen LogP) is 3.44. The predicted molar refractivity (Wildman–Crippen MR) is 78.5 cm³/mol. The average Bonchev–Trinajstić information content (AvgIpc) is 2.29. The zero-order chi connectivity index (χ0) is 13.1. The van der Waals surface area contributed by atoms with Crippen LogP contribution in [-0.2, 0) is 0 Å². The molecule has 0 unspecified atom stereocenters. The first kappa shape index (κ1) is 16.7. The molecule has 0 spiro atoms. The Labute approximate surface area is 108 Å². The molecule has 0 saturated heterocycles. The lowest BCUT2D eigenvalue weighted by Gasteiger charge is -2.24. The monoisotopic (exact) mass is 240 g/mol. The molecule has 102 valence electrons. The third kappa shape index (κ3) is 10.5. The lowest BCUT2D eigenvalue weighted by molar-refractivity contribution is 0.262. The summed E-state index contributed by atoms with van der Waals surface area (Å²) in [5, 5.41) is 3.55. The van der Waals surface area contributed by atoms with Crippen LogP contribution in [0.25, 0.3) is 0 Å². The van der Waals surface area contributed by atoms with Gasteiger partial charge >= 0.3 is 0 Å². The van der Waals surface area contributed by atoms with Crippen LogP contribution in [0, 0.1) is 0 Å². The van der Waals surface area contributed by atoms with E-state index in [9.17, 15) is 0 Å². The van der Waals surface area contributed by atoms with E-state index in [2.05, 4.69) is 44.5 Å². The maximum atomic E-state index is 3.98. The molecule has 2 heteroatoms. The van der Waals surface area contributed by atoms with E-state index < -0.39 is 0 Å². The fraction of sp³-hybridized carbons (Fsp3) is 0.867. The first-order chi connectivity index (χ1) is 8.10. The number of hydrogen-bond acceptors (Lipinski definition) is 2. The Morgan fingerprint density at radius 3 is 2.41 bits per heavy atom. The Morgan fingerprint density at radius 1 is 1.18 bits per heavy atom. The Morgan fingerprint density at radius 2 is 1.88 bits per heavy atom. The molecule has 0 fully saturated rings. The second-order valence-electron chi connectivity index (χ2n) is 5.19. The zero-order valence-electron chi connectivity index (χ0n) is 12.4. The van der Waals surface area contributed by atoms with Crippen molar-refractivity contribution in [3.63, 3.8) is 0 Å². The van der Waals surface area contributed by atoms with Crippen LogP contribution >= 0.6 is 0 Å². The van der Waals surface area contributed by atoms with Crippen LogP contribution in [0.4, 0.5) is 0 Å². The van der Waals surface area contributed by atoms with E-state index in [1.54, 1.807) is 0 Å². The highest BCUT2D eigenvalue weighted by Crippen LogP contribution is 2.03. The maximum Gasteiger partial charge on any atom is 0.00508 e. The molecule has 0 aliphatic heterocycles. The van der Waals surface area contributed by atoms with E-state index in [0.29, 0.717) is 6.04 Å². The van der Waals surface area contributed by atoms with Gasteiger partial charge in [-0.15, -0.1) is 6.58 Å². The van der Waals surface area contributed by atoms with Crippen LogP contribution in [0.1, 0.15) is 53.4 Å². The number of nitrogens with zero attached hydrogens (tertiary/aromatic N) is 1. The molecular formula is C15H32N2. The number of hydrogen-bond donors (Lipinski definition) is 1. The molecule has 0 rings (SSSR count). The lowest BCUT2D eigenvalue weighted by atomic mass is 10.2. The van der Waals surface area contributed by atoms with Crippen molar-refractivity contribution in [2.24, 2.45) is 0 Å². The van der Waals surface area contributed by atoms with Crippen molar-refractivity contribution >= 4 is 0 Å². The van der Waals surface area contributed by atoms with Crippen molar-refractivity contribution in [1.29, 1.82) is 0 Å². The SMILES string of the molecule is C=C(C)CCN(CCC)CC[C@H](C)NCCC. The molecule has 0 saturated carbocycles. The highest BCUT2D eigenvalue weighted by atomic mass is 15.1. The summed E-state index contributed by atoms with van der Waals surface area (Å²) < 4.78 is 0. The zero-order valence-corrected chi connectivity index (χ0v) is 12.4.